The number of nitrogens with one attached hydrogen (secondary N) is 3. The predicted molar refractivity (Wildman–Crippen MR) is 114 cm³/mol. The summed E-state index contributed by atoms with van der Waals surface area (Å²) in [6, 6.07) is 8.61. The van der Waals surface area contributed by atoms with Gasteiger partial charge in [-0.15, -0.1) is 11.3 Å². The van der Waals surface area contributed by atoms with Gasteiger partial charge >= 0.3 is 6.03 Å². The molecule has 0 saturated carbocycles. The van der Waals surface area contributed by atoms with Crippen molar-refractivity contribution in [2.75, 3.05) is 23.8 Å². The van der Waals surface area contributed by atoms with Crippen LogP contribution in [-0.4, -0.2) is 41.0 Å². The molecule has 1 saturated heterocycles. The van der Waals surface area contributed by atoms with Crippen LogP contribution in [0.5, 0.6) is 0 Å². The van der Waals surface area contributed by atoms with Crippen LogP contribution in [0.25, 0.3) is 10.2 Å². The lowest BCUT2D eigenvalue weighted by molar-refractivity contribution is 0.103. The van der Waals surface area contributed by atoms with E-state index >= 15 is 0 Å². The number of carbonyl (C=O) groups excluding carboxylic acids is 2. The normalized spacial score (nSPS) is 16.1. The van der Waals surface area contributed by atoms with Crippen molar-refractivity contribution in [1.82, 2.24) is 15.1 Å². The van der Waals surface area contributed by atoms with Crippen LogP contribution in [-0.2, 0) is 11.8 Å². The molecule has 3 amide bonds. The minimum absolute atomic E-state index is 0.104. The maximum absolute atomic E-state index is 12.6. The van der Waals surface area contributed by atoms with Crippen molar-refractivity contribution >= 4 is 44.9 Å². The molecule has 1 aromatic carbocycles. The molecule has 3 heterocycles. The lowest BCUT2D eigenvalue weighted by Gasteiger charge is -2.12. The molecule has 0 aliphatic carbocycles. The van der Waals surface area contributed by atoms with Gasteiger partial charge in [0.25, 0.3) is 5.91 Å². The molecule has 0 radical (unpaired) electrons. The molecule has 4 rings (SSSR count). The van der Waals surface area contributed by atoms with Gasteiger partial charge < -0.3 is 20.7 Å². The maximum atomic E-state index is 12.6. The second-order valence-electron chi connectivity index (χ2n) is 7.04. The van der Waals surface area contributed by atoms with Gasteiger partial charge in [-0.3, -0.25) is 9.48 Å². The zero-order chi connectivity index (χ0) is 20.4. The first-order chi connectivity index (χ1) is 14.0. The fourth-order valence-corrected chi connectivity index (χ4v) is 4.35. The molecule has 1 unspecified atom stereocenters. The number of aromatic nitrogens is 2. The third-order valence-electron chi connectivity index (χ3n) is 4.83. The highest BCUT2D eigenvalue weighted by molar-refractivity contribution is 7.20. The first kappa shape index (κ1) is 19.4. The summed E-state index contributed by atoms with van der Waals surface area (Å²) in [5, 5.41) is 13.8. The summed E-state index contributed by atoms with van der Waals surface area (Å²) in [4.78, 5) is 26.1. The highest BCUT2D eigenvalue weighted by Crippen LogP contribution is 2.28. The number of amides is 3. The number of aryl methyl sites for hydroxylation is 2. The van der Waals surface area contributed by atoms with Gasteiger partial charge in [0.2, 0.25) is 0 Å². The van der Waals surface area contributed by atoms with E-state index in [1.165, 1.54) is 11.3 Å². The monoisotopic (exact) mass is 413 g/mol. The molecule has 1 aliphatic rings. The van der Waals surface area contributed by atoms with Crippen LogP contribution in [0.3, 0.4) is 0 Å². The fraction of sp³-hybridized carbons (Fsp3) is 0.350. The largest absolute Gasteiger partial charge is 0.376 e. The summed E-state index contributed by atoms with van der Waals surface area (Å²) in [6.45, 7) is 3.20. The van der Waals surface area contributed by atoms with E-state index in [4.69, 9.17) is 4.74 Å². The Bertz CT molecular complexity index is 1000. The van der Waals surface area contributed by atoms with Gasteiger partial charge in [0, 0.05) is 37.0 Å². The zero-order valence-electron chi connectivity index (χ0n) is 16.3. The van der Waals surface area contributed by atoms with Gasteiger partial charge in [0.05, 0.1) is 16.7 Å². The third-order valence-corrected chi connectivity index (χ3v) is 6.04. The standard InChI is InChI=1S/C20H23N5O3S/c1-12-16-10-17(29-19(16)25(2)24-12)18(26)22-13-5-7-14(8-6-13)23-20(27)21-11-15-4-3-9-28-15/h5-8,10,15H,3-4,9,11H2,1-2H3,(H,22,26)(H2,21,23,27). The van der Waals surface area contributed by atoms with Gasteiger partial charge in [-0.2, -0.15) is 5.10 Å². The van der Waals surface area contributed by atoms with Gasteiger partial charge in [-0.25, -0.2) is 4.79 Å². The summed E-state index contributed by atoms with van der Waals surface area (Å²) in [5.41, 5.74) is 2.22. The Balaban J connectivity index is 1.32. The number of fused-ring (bicyclic) bond motifs is 1. The van der Waals surface area contributed by atoms with Crippen molar-refractivity contribution in [1.29, 1.82) is 0 Å². The summed E-state index contributed by atoms with van der Waals surface area (Å²) >= 11 is 1.41. The smallest absolute Gasteiger partial charge is 0.319 e. The van der Waals surface area contributed by atoms with Crippen molar-refractivity contribution in [3.63, 3.8) is 0 Å². The van der Waals surface area contributed by atoms with E-state index in [2.05, 4.69) is 21.0 Å². The summed E-state index contributed by atoms with van der Waals surface area (Å²) in [6.07, 6.45) is 2.12. The number of hydrogen-bond acceptors (Lipinski definition) is 5. The number of thiophene rings is 1. The van der Waals surface area contributed by atoms with Crippen molar-refractivity contribution in [3.8, 4) is 0 Å². The number of rotatable bonds is 5. The van der Waals surface area contributed by atoms with Crippen LogP contribution < -0.4 is 16.0 Å². The number of carbonyl (C=O) groups is 2. The zero-order valence-corrected chi connectivity index (χ0v) is 17.1. The lowest BCUT2D eigenvalue weighted by atomic mass is 10.2. The molecule has 0 spiro atoms. The Morgan fingerprint density at radius 2 is 1.97 bits per heavy atom. The number of nitrogens with zero attached hydrogens (tertiary/aromatic N) is 2. The van der Waals surface area contributed by atoms with Gasteiger partial charge in [-0.1, -0.05) is 0 Å². The van der Waals surface area contributed by atoms with Crippen LogP contribution in [0.2, 0.25) is 0 Å². The molecule has 8 nitrogen and oxygen atoms in total. The molecule has 3 N–H and O–H groups in total. The number of urea groups is 1. The molecular formula is C20H23N5O3S. The van der Waals surface area contributed by atoms with Crippen LogP contribution in [0.15, 0.2) is 30.3 Å². The average Bonchev–Trinajstić information content (AvgIpc) is 3.42. The molecule has 2 aromatic heterocycles. The van der Waals surface area contributed by atoms with Gasteiger partial charge in [-0.05, 0) is 50.1 Å². The molecule has 9 heteroatoms. The summed E-state index contributed by atoms with van der Waals surface area (Å²) in [5.74, 6) is -0.166. The van der Waals surface area contributed by atoms with E-state index in [0.717, 1.165) is 35.4 Å². The number of benzene rings is 1. The molecule has 1 atom stereocenters. The Morgan fingerprint density at radius 3 is 2.62 bits per heavy atom. The lowest BCUT2D eigenvalue weighted by Crippen LogP contribution is -2.35. The molecule has 1 fully saturated rings. The van der Waals surface area contributed by atoms with Crippen molar-refractivity contribution in [2.24, 2.45) is 7.05 Å². The van der Waals surface area contributed by atoms with Crippen LogP contribution >= 0.6 is 11.3 Å². The molecule has 0 bridgehead atoms. The maximum Gasteiger partial charge on any atom is 0.319 e. The van der Waals surface area contributed by atoms with Gasteiger partial charge in [0.15, 0.2) is 0 Å². The predicted octanol–water partition coefficient (Wildman–Crippen LogP) is 3.50. The Kier molecular flexibility index (Phi) is 5.50. The number of hydrogen-bond donors (Lipinski definition) is 3. The SMILES string of the molecule is Cc1nn(C)c2sc(C(=O)Nc3ccc(NC(=O)NCC4CCCO4)cc3)cc12. The highest BCUT2D eigenvalue weighted by atomic mass is 32.1. The van der Waals surface area contributed by atoms with Crippen LogP contribution in [0.1, 0.15) is 28.2 Å². The van der Waals surface area contributed by atoms with E-state index in [-0.39, 0.29) is 18.0 Å². The van der Waals surface area contributed by atoms with Crippen molar-refractivity contribution in [3.05, 3.63) is 40.9 Å². The van der Waals surface area contributed by atoms with Gasteiger partial charge in [0.1, 0.15) is 4.83 Å². The van der Waals surface area contributed by atoms with E-state index in [1.54, 1.807) is 28.9 Å². The highest BCUT2D eigenvalue weighted by Gasteiger charge is 2.17. The van der Waals surface area contributed by atoms with Crippen LogP contribution in [0, 0.1) is 6.92 Å². The first-order valence-corrected chi connectivity index (χ1v) is 10.3. The Morgan fingerprint density at radius 1 is 1.24 bits per heavy atom. The quantitative estimate of drug-likeness (QED) is 0.596. The molecule has 29 heavy (non-hydrogen) atoms. The van der Waals surface area contributed by atoms with Crippen molar-refractivity contribution in [2.45, 2.75) is 25.9 Å². The third kappa shape index (κ3) is 4.41. The molecule has 3 aromatic rings. The summed E-state index contributed by atoms with van der Waals surface area (Å²) < 4.78 is 7.27. The molecule has 1 aliphatic heterocycles. The van der Waals surface area contributed by atoms with Crippen molar-refractivity contribution < 1.29 is 14.3 Å². The van der Waals surface area contributed by atoms with E-state index in [1.807, 2.05) is 20.0 Å². The first-order valence-electron chi connectivity index (χ1n) is 9.50. The fourth-order valence-electron chi connectivity index (χ4n) is 3.33. The summed E-state index contributed by atoms with van der Waals surface area (Å²) in [7, 11) is 1.87. The second kappa shape index (κ2) is 8.22. The topological polar surface area (TPSA) is 97.3 Å². The molecular weight excluding hydrogens is 390 g/mol. The molecule has 152 valence electrons. The minimum Gasteiger partial charge on any atom is -0.376 e. The van der Waals surface area contributed by atoms with E-state index < -0.39 is 0 Å². The van der Waals surface area contributed by atoms with Crippen LogP contribution in [0.4, 0.5) is 16.2 Å². The average molecular weight is 414 g/mol. The number of ether oxygens (including phenoxy) is 1. The Labute approximate surface area is 172 Å². The second-order valence-corrected chi connectivity index (χ2v) is 8.07. The van der Waals surface area contributed by atoms with E-state index in [9.17, 15) is 9.59 Å². The Hall–Kier alpha value is -2.91. The minimum atomic E-state index is -0.272. The van der Waals surface area contributed by atoms with E-state index in [0.29, 0.717) is 22.8 Å². The number of anilines is 2.